The monoisotopic (exact) mass is 432 g/mol. The molecule has 2 saturated carbocycles. The van der Waals surface area contributed by atoms with Gasteiger partial charge in [-0.15, -0.1) is 0 Å². The molecule has 3 heterocycles. The Morgan fingerprint density at radius 1 is 1.23 bits per heavy atom. The highest BCUT2D eigenvalue weighted by Crippen LogP contribution is 2.91. The summed E-state index contributed by atoms with van der Waals surface area (Å²) in [5, 5.41) is 0.556. The Morgan fingerprint density at radius 2 is 2.13 bits per heavy atom. The number of benzene rings is 1. The zero-order valence-electron chi connectivity index (χ0n) is 16.3. The van der Waals surface area contributed by atoms with Crippen LogP contribution in [-0.2, 0) is 6.61 Å². The third-order valence-corrected chi connectivity index (χ3v) is 7.55. The van der Waals surface area contributed by atoms with Crippen molar-refractivity contribution in [2.75, 3.05) is 0 Å². The molecule has 2 N–H and O–H groups in total. The predicted octanol–water partition coefficient (Wildman–Crippen LogP) is 3.82. The number of rotatable bonds is 4. The number of aromatic nitrogens is 2. The van der Waals surface area contributed by atoms with Crippen LogP contribution in [0.3, 0.4) is 0 Å². The van der Waals surface area contributed by atoms with Crippen LogP contribution >= 0.6 is 11.8 Å². The third-order valence-electron chi connectivity index (χ3n) is 6.15. The molecule has 6 rings (SSSR count). The van der Waals surface area contributed by atoms with Gasteiger partial charge in [0.25, 0.3) is 0 Å². The Morgan fingerprint density at radius 3 is 2.90 bits per heavy atom. The fourth-order valence-corrected chi connectivity index (χ4v) is 5.85. The van der Waals surface area contributed by atoms with Gasteiger partial charge >= 0.3 is 0 Å². The maximum absolute atomic E-state index is 14.6. The van der Waals surface area contributed by atoms with Crippen molar-refractivity contribution in [1.29, 1.82) is 0 Å². The van der Waals surface area contributed by atoms with Crippen molar-refractivity contribution < 1.29 is 13.5 Å². The van der Waals surface area contributed by atoms with Gasteiger partial charge in [0.2, 0.25) is 5.89 Å². The molecule has 1 aromatic carbocycles. The van der Waals surface area contributed by atoms with Crippen molar-refractivity contribution in [3.63, 3.8) is 0 Å². The molecule has 0 saturated heterocycles. The van der Waals surface area contributed by atoms with Crippen LogP contribution in [0.5, 0.6) is 5.75 Å². The van der Waals surface area contributed by atoms with Crippen LogP contribution in [0.2, 0.25) is 0 Å². The number of nitrogens with zero attached hydrogens (tertiary/aromatic N) is 3. The van der Waals surface area contributed by atoms with Gasteiger partial charge in [-0.3, -0.25) is 4.99 Å². The number of hydrogen-bond acceptors (Lipinski definition) is 7. The summed E-state index contributed by atoms with van der Waals surface area (Å²) in [6.45, 7) is 0.230. The fourth-order valence-electron chi connectivity index (χ4n) is 4.32. The van der Waals surface area contributed by atoms with Gasteiger partial charge in [0.1, 0.15) is 23.5 Å². The maximum atomic E-state index is 14.6. The van der Waals surface area contributed by atoms with Crippen LogP contribution in [0.25, 0.3) is 0 Å². The Labute approximate surface area is 182 Å². The average Bonchev–Trinajstić information content (AvgIpc) is 3.49. The molecule has 0 unspecified atom stereocenters. The molecule has 1 aliphatic heterocycles. The minimum Gasteiger partial charge on any atom is -0.482 e. The molecule has 2 aliphatic carbocycles. The molecule has 3 aliphatic rings. The first kappa shape index (κ1) is 18.5. The highest BCUT2D eigenvalue weighted by atomic mass is 32.2. The van der Waals surface area contributed by atoms with Gasteiger partial charge in [-0.25, -0.2) is 14.4 Å². The molecule has 1 atom stereocenters. The number of aliphatic imine (C=N–C) groups is 1. The lowest BCUT2D eigenvalue weighted by molar-refractivity contribution is 0.262. The minimum atomic E-state index is -0.258. The smallest absolute Gasteiger partial charge is 0.232 e. The highest BCUT2D eigenvalue weighted by molar-refractivity contribution is 8.15. The van der Waals surface area contributed by atoms with Crippen molar-refractivity contribution >= 4 is 16.9 Å². The van der Waals surface area contributed by atoms with Gasteiger partial charge in [0.05, 0.1) is 18.4 Å². The van der Waals surface area contributed by atoms with Crippen molar-refractivity contribution in [3.8, 4) is 17.6 Å². The summed E-state index contributed by atoms with van der Waals surface area (Å²) in [5.74, 6) is 6.93. The molecular weight excluding hydrogens is 415 g/mol. The fraction of sp³-hybridized carbons (Fsp3) is 0.261. The van der Waals surface area contributed by atoms with Crippen molar-refractivity contribution in [2.45, 2.75) is 30.2 Å². The number of thioether (sulfide) groups is 1. The van der Waals surface area contributed by atoms with E-state index in [0.29, 0.717) is 28.1 Å². The molecule has 31 heavy (non-hydrogen) atoms. The summed E-state index contributed by atoms with van der Waals surface area (Å²) in [7, 11) is 0. The standard InChI is InChI=1S/C23H17FN4O2S/c24-18-6-2-14(9-17(18)20-22-12-23(22,13-22)31-21(25)28-20)1-3-15-4-5-16(10-27-15)30-11-19-26-7-8-29-19/h2,4-10,20H,11-13H2,(H2,25,28)/t20-,22?,23?/m1/s1. The van der Waals surface area contributed by atoms with Gasteiger partial charge in [0, 0.05) is 21.3 Å². The first-order valence-corrected chi connectivity index (χ1v) is 10.7. The Bertz CT molecular complexity index is 1250. The van der Waals surface area contributed by atoms with E-state index in [0.717, 1.165) is 18.4 Å². The second-order valence-corrected chi connectivity index (χ2v) is 9.46. The second kappa shape index (κ2) is 6.59. The van der Waals surface area contributed by atoms with Gasteiger partial charge in [-0.05, 0) is 49.1 Å². The molecule has 6 nitrogen and oxygen atoms in total. The van der Waals surface area contributed by atoms with Crippen molar-refractivity contribution in [2.24, 2.45) is 16.1 Å². The number of pyridine rings is 1. The van der Waals surface area contributed by atoms with Crippen LogP contribution in [0.15, 0.2) is 58.4 Å². The number of hydrogen-bond donors (Lipinski definition) is 1. The molecule has 0 bridgehead atoms. The van der Waals surface area contributed by atoms with E-state index >= 15 is 0 Å². The van der Waals surface area contributed by atoms with E-state index < -0.39 is 0 Å². The summed E-state index contributed by atoms with van der Waals surface area (Å²) >= 11 is 1.65. The Kier molecular flexibility index (Phi) is 3.93. The van der Waals surface area contributed by atoms with E-state index in [1.807, 2.05) is 0 Å². The number of amidine groups is 1. The zero-order chi connectivity index (χ0) is 21.1. The summed E-state index contributed by atoms with van der Waals surface area (Å²) in [5.41, 5.74) is 7.99. The molecule has 0 spiro atoms. The summed E-state index contributed by atoms with van der Waals surface area (Å²) in [6.07, 6.45) is 6.78. The molecule has 8 heteroatoms. The molecule has 3 aromatic rings. The minimum absolute atomic E-state index is 0.0932. The van der Waals surface area contributed by atoms with E-state index in [-0.39, 0.29) is 28.6 Å². The first-order chi connectivity index (χ1) is 15.1. The third kappa shape index (κ3) is 3.08. The topological polar surface area (TPSA) is 86.5 Å². The van der Waals surface area contributed by atoms with E-state index in [4.69, 9.17) is 14.9 Å². The molecule has 0 radical (unpaired) electrons. The molecular formula is C23H17FN4O2S. The quantitative estimate of drug-likeness (QED) is 0.631. The lowest BCUT2D eigenvalue weighted by Crippen LogP contribution is -2.17. The number of nitrogens with two attached hydrogens (primary N) is 1. The van der Waals surface area contributed by atoms with Crippen molar-refractivity contribution in [1.82, 2.24) is 9.97 Å². The lowest BCUT2D eigenvalue weighted by Gasteiger charge is -2.19. The van der Waals surface area contributed by atoms with Gasteiger partial charge in [-0.1, -0.05) is 17.7 Å². The zero-order valence-corrected chi connectivity index (χ0v) is 17.2. The summed E-state index contributed by atoms with van der Waals surface area (Å²) < 4.78 is 25.5. The summed E-state index contributed by atoms with van der Waals surface area (Å²) in [6, 6.07) is 8.27. The van der Waals surface area contributed by atoms with Gasteiger partial charge in [0.15, 0.2) is 11.8 Å². The average molecular weight is 432 g/mol. The molecule has 2 aromatic heterocycles. The highest BCUT2D eigenvalue weighted by Gasteiger charge is 2.88. The Hall–Kier alpha value is -3.31. The normalized spacial score (nSPS) is 27.3. The molecule has 0 amide bonds. The van der Waals surface area contributed by atoms with E-state index in [9.17, 15) is 4.39 Å². The molecule has 154 valence electrons. The van der Waals surface area contributed by atoms with Gasteiger partial charge < -0.3 is 14.9 Å². The maximum Gasteiger partial charge on any atom is 0.232 e. The van der Waals surface area contributed by atoms with E-state index in [1.54, 1.807) is 48.4 Å². The number of halogens is 1. The lowest BCUT2D eigenvalue weighted by atomic mass is 9.95. The van der Waals surface area contributed by atoms with Crippen molar-refractivity contribution in [3.05, 3.63) is 77.5 Å². The second-order valence-electron chi connectivity index (χ2n) is 8.06. The predicted molar refractivity (Wildman–Crippen MR) is 114 cm³/mol. The van der Waals surface area contributed by atoms with Crippen LogP contribution in [-0.4, -0.2) is 19.9 Å². The first-order valence-electron chi connectivity index (χ1n) is 9.88. The van der Waals surface area contributed by atoms with E-state index in [2.05, 4.69) is 26.8 Å². The SMILES string of the molecule is NC1=N[C@H](c2cc(C#Cc3ccc(OCc4ncco4)cn3)ccc2F)C23CC2(C3)S1. The van der Waals surface area contributed by atoms with E-state index in [1.165, 1.54) is 12.3 Å². The van der Waals surface area contributed by atoms with Gasteiger partial charge in [-0.2, -0.15) is 0 Å². The van der Waals surface area contributed by atoms with Crippen LogP contribution < -0.4 is 10.5 Å². The van der Waals surface area contributed by atoms with Crippen LogP contribution in [0, 0.1) is 23.1 Å². The summed E-state index contributed by atoms with van der Waals surface area (Å²) in [4.78, 5) is 12.9. The Balaban J connectivity index is 1.19. The van der Waals surface area contributed by atoms with Crippen LogP contribution in [0.1, 0.15) is 41.6 Å². The largest absolute Gasteiger partial charge is 0.482 e. The number of oxazole rings is 1. The van der Waals surface area contributed by atoms with Crippen LogP contribution in [0.4, 0.5) is 4.39 Å². The number of ether oxygens (including phenoxy) is 1. The molecule has 2 fully saturated rings.